The molecule has 0 atom stereocenters. The largest absolute Gasteiger partial charge is 0.355 e. The second kappa shape index (κ2) is 5.47. The van der Waals surface area contributed by atoms with Crippen LogP contribution in [0.4, 0.5) is 5.69 Å². The average Bonchev–Trinajstić information content (AvgIpc) is 2.81. The highest BCUT2D eigenvalue weighted by molar-refractivity contribution is 5.99. The summed E-state index contributed by atoms with van der Waals surface area (Å²) in [6, 6.07) is 15.3. The minimum absolute atomic E-state index is 0.0146. The van der Waals surface area contributed by atoms with Gasteiger partial charge in [0.1, 0.15) is 0 Å². The Morgan fingerprint density at radius 3 is 2.65 bits per heavy atom. The van der Waals surface area contributed by atoms with E-state index in [4.69, 9.17) is 0 Å². The number of nitrogens with one attached hydrogen (secondary N) is 1. The van der Waals surface area contributed by atoms with Crippen molar-refractivity contribution in [2.75, 3.05) is 5.32 Å². The van der Waals surface area contributed by atoms with Crippen LogP contribution in [0.25, 0.3) is 17.7 Å². The fourth-order valence-corrected chi connectivity index (χ4v) is 4.27. The van der Waals surface area contributed by atoms with Gasteiger partial charge >= 0.3 is 0 Å². The SMILES string of the molecule is CC1(C)C2=C(\C=c3/c4ccc/c3=C/C=C\C=C\C(=C/2)N4)c2ccccc21. The smallest absolute Gasteiger partial charge is 0.0464 e. The molecule has 5 rings (SSSR count). The summed E-state index contributed by atoms with van der Waals surface area (Å²) in [7, 11) is 0. The third-order valence-corrected chi connectivity index (χ3v) is 5.64. The van der Waals surface area contributed by atoms with Crippen LogP contribution in [0.2, 0.25) is 0 Å². The molecule has 126 valence electrons. The van der Waals surface area contributed by atoms with E-state index < -0.39 is 0 Å². The molecule has 1 nitrogen and oxygen atoms in total. The van der Waals surface area contributed by atoms with Crippen molar-refractivity contribution in [3.8, 4) is 0 Å². The Kier molecular flexibility index (Phi) is 3.20. The van der Waals surface area contributed by atoms with Crippen LogP contribution >= 0.6 is 0 Å². The van der Waals surface area contributed by atoms with E-state index in [9.17, 15) is 0 Å². The number of hydrogen-bond donors (Lipinski definition) is 1. The molecular formula is C25H21N. The standard InChI is InChI=1S/C25H21N/c1-25(2)22-13-7-6-12-19(22)21-16-20-17-9-4-3-5-11-18(15-23(21)25)26-24(20)14-8-10-17/h3-16,26H,1-2H3/b4-3-,5-3?,9-4?,11-5+,17-9-,18-11?,18-15+,20-16-,21-16?,23-15?. The normalized spacial score (nSPS) is 25.7. The molecule has 0 saturated heterocycles. The van der Waals surface area contributed by atoms with Gasteiger partial charge in [-0.15, -0.1) is 0 Å². The fourth-order valence-electron chi connectivity index (χ4n) is 4.27. The Hall–Kier alpha value is -3.06. The van der Waals surface area contributed by atoms with E-state index in [1.54, 1.807) is 0 Å². The Morgan fingerprint density at radius 2 is 1.73 bits per heavy atom. The molecule has 2 aliphatic heterocycles. The highest BCUT2D eigenvalue weighted by atomic mass is 14.9. The quantitative estimate of drug-likeness (QED) is 0.751. The number of rotatable bonds is 0. The summed E-state index contributed by atoms with van der Waals surface area (Å²) in [6.45, 7) is 4.65. The second-order valence-corrected chi connectivity index (χ2v) is 7.59. The first-order valence-electron chi connectivity index (χ1n) is 9.14. The lowest BCUT2D eigenvalue weighted by Crippen LogP contribution is -2.28. The van der Waals surface area contributed by atoms with Gasteiger partial charge in [0, 0.05) is 22.0 Å². The van der Waals surface area contributed by atoms with Gasteiger partial charge in [-0.3, -0.25) is 0 Å². The second-order valence-electron chi connectivity index (χ2n) is 7.59. The van der Waals surface area contributed by atoms with Gasteiger partial charge in [0.05, 0.1) is 0 Å². The third-order valence-electron chi connectivity index (χ3n) is 5.64. The van der Waals surface area contributed by atoms with E-state index in [0.29, 0.717) is 0 Å². The van der Waals surface area contributed by atoms with Gasteiger partial charge in [0.15, 0.2) is 0 Å². The molecule has 2 aromatic rings. The van der Waals surface area contributed by atoms with Crippen LogP contribution in [-0.4, -0.2) is 0 Å². The lowest BCUT2D eigenvalue weighted by atomic mass is 9.80. The molecule has 0 radical (unpaired) electrons. The number of allylic oxidation sites excluding steroid dienone is 7. The van der Waals surface area contributed by atoms with Crippen molar-refractivity contribution < 1.29 is 0 Å². The van der Waals surface area contributed by atoms with Crippen LogP contribution in [0.15, 0.2) is 84.1 Å². The van der Waals surface area contributed by atoms with E-state index in [0.717, 1.165) is 11.4 Å². The molecule has 3 aliphatic rings. The summed E-state index contributed by atoms with van der Waals surface area (Å²) in [5.74, 6) is 0. The average molecular weight is 335 g/mol. The zero-order valence-electron chi connectivity index (χ0n) is 15.1. The van der Waals surface area contributed by atoms with Crippen molar-refractivity contribution in [1.82, 2.24) is 0 Å². The molecule has 0 unspecified atom stereocenters. The molecule has 0 fully saturated rings. The van der Waals surface area contributed by atoms with Gasteiger partial charge < -0.3 is 5.32 Å². The van der Waals surface area contributed by atoms with Gasteiger partial charge in [0.25, 0.3) is 0 Å². The van der Waals surface area contributed by atoms with Crippen molar-refractivity contribution in [3.63, 3.8) is 0 Å². The maximum absolute atomic E-state index is 3.64. The van der Waals surface area contributed by atoms with Crippen LogP contribution in [0.5, 0.6) is 0 Å². The molecule has 2 aromatic carbocycles. The van der Waals surface area contributed by atoms with E-state index in [2.05, 4.69) is 104 Å². The van der Waals surface area contributed by atoms with Crippen molar-refractivity contribution in [2.45, 2.75) is 19.3 Å². The zero-order chi connectivity index (χ0) is 17.7. The Morgan fingerprint density at radius 1 is 0.846 bits per heavy atom. The van der Waals surface area contributed by atoms with Gasteiger partial charge in [-0.25, -0.2) is 0 Å². The van der Waals surface area contributed by atoms with Crippen molar-refractivity contribution in [2.24, 2.45) is 0 Å². The summed E-state index contributed by atoms with van der Waals surface area (Å²) in [5, 5.41) is 6.12. The van der Waals surface area contributed by atoms with E-state index >= 15 is 0 Å². The summed E-state index contributed by atoms with van der Waals surface area (Å²) in [6.07, 6.45) is 15.3. The fraction of sp³-hybridized carbons (Fsp3) is 0.120. The molecule has 0 aromatic heterocycles. The van der Waals surface area contributed by atoms with Crippen LogP contribution in [0, 0.1) is 0 Å². The minimum atomic E-state index is -0.0146. The van der Waals surface area contributed by atoms with Gasteiger partial charge in [-0.1, -0.05) is 74.5 Å². The molecule has 26 heavy (non-hydrogen) atoms. The first-order valence-corrected chi connectivity index (χ1v) is 9.14. The van der Waals surface area contributed by atoms with E-state index in [-0.39, 0.29) is 5.41 Å². The predicted octanol–water partition coefficient (Wildman–Crippen LogP) is 4.43. The zero-order valence-corrected chi connectivity index (χ0v) is 15.1. The van der Waals surface area contributed by atoms with Crippen LogP contribution in [-0.2, 0) is 5.41 Å². The summed E-state index contributed by atoms with van der Waals surface area (Å²) < 4.78 is 0. The molecule has 1 aliphatic carbocycles. The summed E-state index contributed by atoms with van der Waals surface area (Å²) in [5.41, 5.74) is 7.72. The number of benzene rings is 2. The minimum Gasteiger partial charge on any atom is -0.355 e. The first kappa shape index (κ1) is 15.2. The van der Waals surface area contributed by atoms with Crippen LogP contribution in [0.1, 0.15) is 25.0 Å². The lowest BCUT2D eigenvalue weighted by Gasteiger charge is -2.24. The molecule has 2 heterocycles. The molecule has 4 bridgehead atoms. The maximum Gasteiger partial charge on any atom is 0.0464 e. The van der Waals surface area contributed by atoms with Gasteiger partial charge in [-0.2, -0.15) is 0 Å². The highest BCUT2D eigenvalue weighted by Crippen LogP contribution is 2.47. The molecular weight excluding hydrogens is 314 g/mol. The molecule has 1 N–H and O–H groups in total. The number of hydrogen-bond acceptors (Lipinski definition) is 1. The maximum atomic E-state index is 3.64. The van der Waals surface area contributed by atoms with Crippen molar-refractivity contribution >= 4 is 23.4 Å². The lowest BCUT2D eigenvalue weighted by molar-refractivity contribution is 0.653. The molecule has 0 amide bonds. The van der Waals surface area contributed by atoms with Crippen molar-refractivity contribution in [1.29, 1.82) is 0 Å². The Bertz CT molecular complexity index is 1170. The Labute approximate surface area is 154 Å². The van der Waals surface area contributed by atoms with Gasteiger partial charge in [-0.05, 0) is 51.8 Å². The number of anilines is 1. The van der Waals surface area contributed by atoms with Crippen molar-refractivity contribution in [3.05, 3.63) is 106 Å². The topological polar surface area (TPSA) is 12.0 Å². The van der Waals surface area contributed by atoms with E-state index in [1.807, 2.05) is 0 Å². The summed E-state index contributed by atoms with van der Waals surface area (Å²) >= 11 is 0. The van der Waals surface area contributed by atoms with Crippen LogP contribution in [0.3, 0.4) is 0 Å². The monoisotopic (exact) mass is 335 g/mol. The molecule has 1 heteroatoms. The van der Waals surface area contributed by atoms with E-state index in [1.165, 1.54) is 32.7 Å². The highest BCUT2D eigenvalue weighted by Gasteiger charge is 2.36. The Balaban J connectivity index is 1.96. The van der Waals surface area contributed by atoms with Gasteiger partial charge in [0.2, 0.25) is 0 Å². The molecule has 0 saturated carbocycles. The van der Waals surface area contributed by atoms with Crippen LogP contribution < -0.4 is 15.8 Å². The summed E-state index contributed by atoms with van der Waals surface area (Å²) in [4.78, 5) is 0. The first-order chi connectivity index (χ1) is 12.6. The number of fused-ring (bicyclic) bond motifs is 3. The molecule has 0 spiro atoms. The third kappa shape index (κ3) is 2.17. The predicted molar refractivity (Wildman–Crippen MR) is 111 cm³/mol.